The Morgan fingerprint density at radius 1 is 1.21 bits per heavy atom. The molecule has 1 aliphatic rings. The highest BCUT2D eigenvalue weighted by Gasteiger charge is 2.39. The Morgan fingerprint density at radius 2 is 2.03 bits per heavy atom. The summed E-state index contributed by atoms with van der Waals surface area (Å²) in [5.41, 5.74) is 1.73. The lowest BCUT2D eigenvalue weighted by Gasteiger charge is -2.24. The topological polar surface area (TPSA) is 75.6 Å². The molecule has 1 aliphatic heterocycles. The van der Waals surface area contributed by atoms with Crippen LogP contribution in [0, 0.1) is 0 Å². The number of aromatic nitrogens is 2. The fourth-order valence-corrected chi connectivity index (χ4v) is 3.68. The van der Waals surface area contributed by atoms with Gasteiger partial charge in [0.1, 0.15) is 5.60 Å². The molecule has 3 heterocycles. The highest BCUT2D eigenvalue weighted by atomic mass is 35.5. The maximum Gasteiger partial charge on any atom is 0.256 e. The Kier molecular flexibility index (Phi) is 5.08. The van der Waals surface area contributed by atoms with Gasteiger partial charge < -0.3 is 14.7 Å². The summed E-state index contributed by atoms with van der Waals surface area (Å²) in [6, 6.07) is 14.2. The lowest BCUT2D eigenvalue weighted by Crippen LogP contribution is -2.29. The second-order valence-electron chi connectivity index (χ2n) is 7.08. The summed E-state index contributed by atoms with van der Waals surface area (Å²) < 4.78 is 5.60. The van der Waals surface area contributed by atoms with Gasteiger partial charge in [0.2, 0.25) is 0 Å². The first kappa shape index (κ1) is 19.5. The van der Waals surface area contributed by atoms with Gasteiger partial charge in [0, 0.05) is 30.6 Å². The molecule has 0 spiro atoms. The van der Waals surface area contributed by atoms with Gasteiger partial charge in [-0.05, 0) is 42.8 Å². The van der Waals surface area contributed by atoms with Gasteiger partial charge in [0.15, 0.2) is 6.23 Å². The van der Waals surface area contributed by atoms with E-state index in [2.05, 4.69) is 9.97 Å². The zero-order valence-corrected chi connectivity index (χ0v) is 16.8. The number of aliphatic hydroxyl groups is 1. The van der Waals surface area contributed by atoms with E-state index in [-0.39, 0.29) is 12.5 Å². The van der Waals surface area contributed by atoms with Crippen molar-refractivity contribution in [3.63, 3.8) is 0 Å². The summed E-state index contributed by atoms with van der Waals surface area (Å²) in [5.74, 6) is -0.178. The molecule has 1 aromatic carbocycles. The normalized spacial score (nSPS) is 17.9. The summed E-state index contributed by atoms with van der Waals surface area (Å²) in [5, 5.41) is 11.6. The first-order chi connectivity index (χ1) is 13.9. The predicted octanol–water partition coefficient (Wildman–Crippen LogP) is 3.69. The molecule has 6 nitrogen and oxygen atoms in total. The van der Waals surface area contributed by atoms with Crippen LogP contribution in [0.1, 0.15) is 46.0 Å². The molecule has 148 valence electrons. The van der Waals surface area contributed by atoms with E-state index in [4.69, 9.17) is 16.3 Å². The van der Waals surface area contributed by atoms with Crippen LogP contribution in [0.4, 0.5) is 0 Å². The van der Waals surface area contributed by atoms with Gasteiger partial charge in [-0.3, -0.25) is 14.8 Å². The Hall–Kier alpha value is -2.80. The van der Waals surface area contributed by atoms with Gasteiger partial charge in [-0.1, -0.05) is 29.8 Å². The number of pyridine rings is 2. The van der Waals surface area contributed by atoms with Crippen molar-refractivity contribution < 1.29 is 14.6 Å². The number of fused-ring (bicyclic) bond motifs is 1. The summed E-state index contributed by atoms with van der Waals surface area (Å²) >= 11 is 5.90. The van der Waals surface area contributed by atoms with Crippen molar-refractivity contribution >= 4 is 17.5 Å². The molecule has 29 heavy (non-hydrogen) atoms. The highest BCUT2D eigenvalue weighted by molar-refractivity contribution is 6.30. The first-order valence-electron chi connectivity index (χ1n) is 9.14. The van der Waals surface area contributed by atoms with E-state index in [1.165, 1.54) is 0 Å². The van der Waals surface area contributed by atoms with Crippen LogP contribution in [0.5, 0.6) is 0 Å². The third-order valence-corrected chi connectivity index (χ3v) is 5.39. The largest absolute Gasteiger partial charge is 0.379 e. The van der Waals surface area contributed by atoms with Crippen molar-refractivity contribution in [3.05, 3.63) is 94.0 Å². The van der Waals surface area contributed by atoms with Crippen LogP contribution < -0.4 is 0 Å². The predicted molar refractivity (Wildman–Crippen MR) is 108 cm³/mol. The molecule has 0 aliphatic carbocycles. The molecule has 1 unspecified atom stereocenters. The average molecular weight is 410 g/mol. The van der Waals surface area contributed by atoms with Gasteiger partial charge in [0.25, 0.3) is 5.91 Å². The Balaban J connectivity index is 1.68. The molecule has 0 bridgehead atoms. The maximum atomic E-state index is 13.1. The van der Waals surface area contributed by atoms with E-state index in [9.17, 15) is 9.90 Å². The number of amides is 1. The van der Waals surface area contributed by atoms with Crippen LogP contribution >= 0.6 is 11.6 Å². The molecule has 3 aromatic rings. The van der Waals surface area contributed by atoms with Crippen molar-refractivity contribution in [2.45, 2.75) is 25.3 Å². The molecule has 0 fully saturated rings. The van der Waals surface area contributed by atoms with E-state index >= 15 is 0 Å². The van der Waals surface area contributed by atoms with Crippen LogP contribution in [0.3, 0.4) is 0 Å². The van der Waals surface area contributed by atoms with Crippen molar-refractivity contribution in [1.82, 2.24) is 14.9 Å². The summed E-state index contributed by atoms with van der Waals surface area (Å²) in [6.45, 7) is 1.95. The van der Waals surface area contributed by atoms with Gasteiger partial charge in [0.05, 0.1) is 23.0 Å². The molecule has 1 N–H and O–H groups in total. The van der Waals surface area contributed by atoms with Crippen molar-refractivity contribution in [1.29, 1.82) is 0 Å². The second-order valence-corrected chi connectivity index (χ2v) is 7.51. The van der Waals surface area contributed by atoms with E-state index in [1.807, 2.05) is 12.1 Å². The zero-order chi connectivity index (χ0) is 20.6. The van der Waals surface area contributed by atoms with E-state index in [1.54, 1.807) is 67.7 Å². The minimum Gasteiger partial charge on any atom is -0.379 e. The molecular formula is C22H20ClN3O3. The summed E-state index contributed by atoms with van der Waals surface area (Å²) in [4.78, 5) is 23.3. The van der Waals surface area contributed by atoms with Crippen molar-refractivity contribution in [3.8, 4) is 0 Å². The fraction of sp³-hybridized carbons (Fsp3) is 0.227. The van der Waals surface area contributed by atoms with E-state index < -0.39 is 11.8 Å². The Bertz CT molecular complexity index is 1040. The number of hydrogen-bond donors (Lipinski definition) is 1. The molecule has 4 rings (SSSR count). The van der Waals surface area contributed by atoms with Gasteiger partial charge in [-0.15, -0.1) is 0 Å². The number of rotatable bonds is 5. The number of ether oxygens (including phenoxy) is 1. The summed E-state index contributed by atoms with van der Waals surface area (Å²) in [7, 11) is 1.56. The van der Waals surface area contributed by atoms with Crippen LogP contribution in [0.25, 0.3) is 0 Å². The van der Waals surface area contributed by atoms with Crippen LogP contribution in [-0.4, -0.2) is 33.0 Å². The third-order valence-electron chi connectivity index (χ3n) is 5.16. The first-order valence-corrected chi connectivity index (χ1v) is 9.52. The lowest BCUT2D eigenvalue weighted by atomic mass is 9.89. The minimum atomic E-state index is -1.33. The fourth-order valence-electron chi connectivity index (χ4n) is 3.57. The third kappa shape index (κ3) is 3.51. The summed E-state index contributed by atoms with van der Waals surface area (Å²) in [6.07, 6.45) is 2.66. The van der Waals surface area contributed by atoms with Crippen LogP contribution in [0.2, 0.25) is 5.02 Å². The molecule has 1 amide bonds. The van der Waals surface area contributed by atoms with Crippen LogP contribution in [-0.2, 0) is 16.9 Å². The van der Waals surface area contributed by atoms with Gasteiger partial charge >= 0.3 is 0 Å². The number of hydrogen-bond acceptors (Lipinski definition) is 5. The smallest absolute Gasteiger partial charge is 0.256 e. The quantitative estimate of drug-likeness (QED) is 0.695. The van der Waals surface area contributed by atoms with Crippen LogP contribution in [0.15, 0.2) is 60.9 Å². The molecule has 0 saturated carbocycles. The average Bonchev–Trinajstić information content (AvgIpc) is 3.01. The Morgan fingerprint density at radius 3 is 2.69 bits per heavy atom. The molecular weight excluding hydrogens is 390 g/mol. The van der Waals surface area contributed by atoms with Gasteiger partial charge in [-0.2, -0.15) is 0 Å². The molecule has 2 aromatic heterocycles. The lowest BCUT2D eigenvalue weighted by molar-refractivity contribution is -0.0167. The van der Waals surface area contributed by atoms with Crippen molar-refractivity contribution in [2.75, 3.05) is 7.11 Å². The number of benzene rings is 1. The maximum absolute atomic E-state index is 13.1. The van der Waals surface area contributed by atoms with Gasteiger partial charge in [-0.25, -0.2) is 0 Å². The molecule has 0 saturated heterocycles. The minimum absolute atomic E-state index is 0.178. The van der Waals surface area contributed by atoms with E-state index in [0.717, 1.165) is 5.56 Å². The number of methoxy groups -OCH3 is 1. The zero-order valence-electron chi connectivity index (χ0n) is 16.0. The number of carbonyl (C=O) groups is 1. The van der Waals surface area contributed by atoms with Crippen molar-refractivity contribution in [2.24, 2.45) is 0 Å². The number of carbonyl (C=O) groups excluding carboxylic acids is 1. The molecule has 0 radical (unpaired) electrons. The number of halogens is 1. The highest BCUT2D eigenvalue weighted by Crippen LogP contribution is 2.38. The molecule has 7 heteroatoms. The monoisotopic (exact) mass is 409 g/mol. The second kappa shape index (κ2) is 7.55. The Labute approximate surface area is 173 Å². The standard InChI is InChI=1S/C22H20ClN3O3/c1-22(28,19-5-3-4-10-24-19)14-6-9-17-18(11-14)20(27)26(21(17)29-2)13-16-8-7-15(23)12-25-16/h3-12,21,28H,13H2,1-2H3/t21-,22?/m1/s1. The SMILES string of the molecule is CO[C@@H]1c2ccc(C(C)(O)c3ccccn3)cc2C(=O)N1Cc1ccc(Cl)cn1. The molecule has 2 atom stereocenters. The number of nitrogens with zero attached hydrogens (tertiary/aromatic N) is 3. The van der Waals surface area contributed by atoms with E-state index in [0.29, 0.717) is 27.5 Å².